The van der Waals surface area contributed by atoms with E-state index in [0.717, 1.165) is 4.47 Å². The molecule has 0 amide bonds. The first kappa shape index (κ1) is 8.02. The predicted octanol–water partition coefficient (Wildman–Crippen LogP) is 3.66. The van der Waals surface area contributed by atoms with Crippen LogP contribution in [-0.4, -0.2) is 0 Å². The Morgan fingerprint density at radius 2 is 2.20 bits per heavy atom. The maximum atomic E-state index is 12.4. The zero-order chi connectivity index (χ0) is 7.56. The van der Waals surface area contributed by atoms with Crippen LogP contribution in [0.2, 0.25) is 0 Å². The lowest BCUT2D eigenvalue weighted by molar-refractivity contribution is 0.460. The number of rotatable bonds is 1. The normalized spacial score (nSPS) is 13.1. The second-order valence-electron chi connectivity index (χ2n) is 1.86. The molecular weight excluding hydrogens is 218 g/mol. The maximum Gasteiger partial charge on any atom is 0.198 e. The molecule has 0 saturated heterocycles. The molecule has 1 atom stereocenters. The van der Waals surface area contributed by atoms with E-state index in [-0.39, 0.29) is 0 Å². The quantitative estimate of drug-likeness (QED) is 0.638. The Bertz CT molecular complexity index is 225. The van der Waals surface area contributed by atoms with Crippen LogP contribution in [0.3, 0.4) is 0 Å². The first-order valence-corrected chi connectivity index (χ1v) is 3.96. The third-order valence-corrected chi connectivity index (χ3v) is 1.85. The lowest BCUT2D eigenvalue weighted by Crippen LogP contribution is -1.80. The highest BCUT2D eigenvalue weighted by Gasteiger charge is 2.03. The number of alkyl halides is 2. The molecule has 0 radical (unpaired) electrons. The summed E-state index contributed by atoms with van der Waals surface area (Å²) >= 11 is 8.39. The molecule has 0 aromatic heterocycles. The summed E-state index contributed by atoms with van der Waals surface area (Å²) in [6.45, 7) is 0. The van der Waals surface area contributed by atoms with Crippen molar-refractivity contribution >= 4 is 27.5 Å². The standard InChI is InChI=1S/C7H5BrClF/c8-6-3-1-2-5(4-6)7(9)10/h1-4,7H. The number of halogens is 3. The smallest absolute Gasteiger partial charge is 0.198 e. The zero-order valence-electron chi connectivity index (χ0n) is 5.02. The second kappa shape index (κ2) is 3.35. The Hall–Kier alpha value is -0.0800. The molecule has 0 saturated carbocycles. The molecule has 54 valence electrons. The van der Waals surface area contributed by atoms with Crippen LogP contribution >= 0.6 is 27.5 Å². The third-order valence-electron chi connectivity index (χ3n) is 1.10. The van der Waals surface area contributed by atoms with Crippen molar-refractivity contribution in [2.75, 3.05) is 0 Å². The fourth-order valence-corrected chi connectivity index (χ4v) is 1.20. The van der Waals surface area contributed by atoms with E-state index in [1.54, 1.807) is 18.2 Å². The summed E-state index contributed by atoms with van der Waals surface area (Å²) < 4.78 is 13.2. The van der Waals surface area contributed by atoms with Crippen molar-refractivity contribution in [3.63, 3.8) is 0 Å². The molecule has 1 unspecified atom stereocenters. The fraction of sp³-hybridized carbons (Fsp3) is 0.143. The largest absolute Gasteiger partial charge is 0.225 e. The minimum atomic E-state index is -1.41. The molecule has 0 fully saturated rings. The van der Waals surface area contributed by atoms with Gasteiger partial charge in [-0.25, -0.2) is 4.39 Å². The molecular formula is C7H5BrClF. The van der Waals surface area contributed by atoms with Crippen molar-refractivity contribution in [3.05, 3.63) is 34.3 Å². The van der Waals surface area contributed by atoms with E-state index >= 15 is 0 Å². The molecule has 3 heteroatoms. The molecule has 10 heavy (non-hydrogen) atoms. The summed E-state index contributed by atoms with van der Waals surface area (Å²) in [5, 5.41) is 0. The average molecular weight is 223 g/mol. The molecule has 0 nitrogen and oxygen atoms in total. The van der Waals surface area contributed by atoms with Crippen LogP contribution in [0.4, 0.5) is 4.39 Å². The lowest BCUT2D eigenvalue weighted by atomic mass is 10.2. The highest BCUT2D eigenvalue weighted by atomic mass is 79.9. The first-order chi connectivity index (χ1) is 4.70. The molecule has 0 bridgehead atoms. The van der Waals surface area contributed by atoms with Gasteiger partial charge in [0.05, 0.1) is 0 Å². The molecule has 0 aliphatic heterocycles. The number of benzene rings is 1. The van der Waals surface area contributed by atoms with E-state index < -0.39 is 5.63 Å². The SMILES string of the molecule is FC(Cl)c1cccc(Br)c1. The van der Waals surface area contributed by atoms with Crippen LogP contribution in [-0.2, 0) is 0 Å². The summed E-state index contributed by atoms with van der Waals surface area (Å²) in [6.07, 6.45) is 0. The Labute approximate surface area is 72.1 Å². The molecule has 0 spiro atoms. The van der Waals surface area contributed by atoms with Crippen molar-refractivity contribution in [2.24, 2.45) is 0 Å². The summed E-state index contributed by atoms with van der Waals surface area (Å²) in [4.78, 5) is 0. The monoisotopic (exact) mass is 222 g/mol. The van der Waals surface area contributed by atoms with E-state index in [0.29, 0.717) is 5.56 Å². The second-order valence-corrected chi connectivity index (χ2v) is 3.15. The Morgan fingerprint density at radius 3 is 2.60 bits per heavy atom. The zero-order valence-corrected chi connectivity index (χ0v) is 7.36. The van der Waals surface area contributed by atoms with Crippen LogP contribution in [0.5, 0.6) is 0 Å². The minimum Gasteiger partial charge on any atom is -0.225 e. The fourth-order valence-electron chi connectivity index (χ4n) is 0.642. The van der Waals surface area contributed by atoms with Gasteiger partial charge in [-0.05, 0) is 12.1 Å². The molecule has 0 heterocycles. The van der Waals surface area contributed by atoms with Crippen molar-refractivity contribution in [1.82, 2.24) is 0 Å². The Kier molecular flexibility index (Phi) is 2.69. The van der Waals surface area contributed by atoms with Gasteiger partial charge in [0.1, 0.15) is 0 Å². The van der Waals surface area contributed by atoms with E-state index in [4.69, 9.17) is 11.6 Å². The van der Waals surface area contributed by atoms with Gasteiger partial charge >= 0.3 is 0 Å². The number of hydrogen-bond acceptors (Lipinski definition) is 0. The molecule has 0 aliphatic rings. The van der Waals surface area contributed by atoms with Gasteiger partial charge in [-0.1, -0.05) is 39.7 Å². The van der Waals surface area contributed by atoms with Crippen molar-refractivity contribution in [3.8, 4) is 0 Å². The predicted molar refractivity (Wildman–Crippen MR) is 43.8 cm³/mol. The molecule has 1 aromatic rings. The van der Waals surface area contributed by atoms with Gasteiger partial charge in [0.25, 0.3) is 0 Å². The topological polar surface area (TPSA) is 0 Å². The van der Waals surface area contributed by atoms with Crippen LogP contribution in [0.25, 0.3) is 0 Å². The van der Waals surface area contributed by atoms with Gasteiger partial charge in [-0.15, -0.1) is 0 Å². The molecule has 1 rings (SSSR count). The van der Waals surface area contributed by atoms with Gasteiger partial charge < -0.3 is 0 Å². The van der Waals surface area contributed by atoms with E-state index in [2.05, 4.69) is 15.9 Å². The van der Waals surface area contributed by atoms with Gasteiger partial charge in [0, 0.05) is 10.0 Å². The molecule has 1 aromatic carbocycles. The van der Waals surface area contributed by atoms with Crippen LogP contribution < -0.4 is 0 Å². The van der Waals surface area contributed by atoms with Gasteiger partial charge in [-0.3, -0.25) is 0 Å². The molecule has 0 N–H and O–H groups in total. The van der Waals surface area contributed by atoms with E-state index in [9.17, 15) is 4.39 Å². The van der Waals surface area contributed by atoms with Crippen LogP contribution in [0.1, 0.15) is 11.2 Å². The minimum absolute atomic E-state index is 0.482. The summed E-state index contributed by atoms with van der Waals surface area (Å²) in [7, 11) is 0. The van der Waals surface area contributed by atoms with Crippen molar-refractivity contribution in [1.29, 1.82) is 0 Å². The maximum absolute atomic E-state index is 12.4. The van der Waals surface area contributed by atoms with E-state index in [1.807, 2.05) is 6.07 Å². The van der Waals surface area contributed by atoms with Crippen molar-refractivity contribution in [2.45, 2.75) is 5.63 Å². The highest BCUT2D eigenvalue weighted by Crippen LogP contribution is 2.23. The van der Waals surface area contributed by atoms with Gasteiger partial charge in [0.2, 0.25) is 0 Å². The van der Waals surface area contributed by atoms with Gasteiger partial charge in [0.15, 0.2) is 5.63 Å². The molecule has 0 aliphatic carbocycles. The van der Waals surface area contributed by atoms with Crippen LogP contribution in [0.15, 0.2) is 28.7 Å². The lowest BCUT2D eigenvalue weighted by Gasteiger charge is -1.98. The summed E-state index contributed by atoms with van der Waals surface area (Å²) in [5.74, 6) is 0. The van der Waals surface area contributed by atoms with Crippen molar-refractivity contribution < 1.29 is 4.39 Å². The number of hydrogen-bond donors (Lipinski definition) is 0. The summed E-state index contributed by atoms with van der Waals surface area (Å²) in [5.41, 5.74) is -0.923. The Morgan fingerprint density at radius 1 is 1.50 bits per heavy atom. The van der Waals surface area contributed by atoms with Crippen LogP contribution in [0, 0.1) is 0 Å². The third kappa shape index (κ3) is 1.96. The highest BCUT2D eigenvalue weighted by molar-refractivity contribution is 9.10. The Balaban J connectivity index is 2.96. The van der Waals surface area contributed by atoms with Gasteiger partial charge in [-0.2, -0.15) is 0 Å². The summed E-state index contributed by atoms with van der Waals surface area (Å²) in [6, 6.07) is 6.86. The first-order valence-electron chi connectivity index (χ1n) is 2.74. The van der Waals surface area contributed by atoms with E-state index in [1.165, 1.54) is 0 Å². The average Bonchev–Trinajstić information content (AvgIpc) is 1.88.